The molecule has 0 amide bonds. The first-order valence-corrected chi connectivity index (χ1v) is 6.43. The Labute approximate surface area is 117 Å². The molecule has 0 saturated heterocycles. The topological polar surface area (TPSA) is 56.9 Å². The van der Waals surface area contributed by atoms with Gasteiger partial charge in [-0.1, -0.05) is 30.3 Å². The van der Waals surface area contributed by atoms with E-state index in [0.717, 1.165) is 5.56 Å². The summed E-state index contributed by atoms with van der Waals surface area (Å²) in [6.45, 7) is -0.0755. The zero-order chi connectivity index (χ0) is 14.4. The Kier molecular flexibility index (Phi) is 4.80. The summed E-state index contributed by atoms with van der Waals surface area (Å²) in [6.07, 6.45) is 1.75. The van der Waals surface area contributed by atoms with Crippen molar-refractivity contribution < 1.29 is 9.50 Å². The van der Waals surface area contributed by atoms with Crippen molar-refractivity contribution in [3.63, 3.8) is 0 Å². The van der Waals surface area contributed by atoms with Crippen LogP contribution in [0.1, 0.15) is 29.5 Å². The van der Waals surface area contributed by atoms with Crippen molar-refractivity contribution >= 4 is 0 Å². The minimum Gasteiger partial charge on any atom is -0.396 e. The molecule has 102 valence electrons. The van der Waals surface area contributed by atoms with E-state index in [9.17, 15) is 14.8 Å². The number of aliphatic hydroxyl groups is 1. The Morgan fingerprint density at radius 3 is 2.60 bits per heavy atom. The van der Waals surface area contributed by atoms with Gasteiger partial charge in [-0.25, -0.2) is 4.39 Å². The van der Waals surface area contributed by atoms with Gasteiger partial charge in [-0.3, -0.25) is 4.98 Å². The van der Waals surface area contributed by atoms with Crippen molar-refractivity contribution in [1.82, 2.24) is 4.98 Å². The fourth-order valence-electron chi connectivity index (χ4n) is 2.31. The first kappa shape index (κ1) is 14.2. The lowest BCUT2D eigenvalue weighted by molar-refractivity contribution is 0.270. The average Bonchev–Trinajstić information content (AvgIpc) is 2.48. The first-order chi connectivity index (χ1) is 9.76. The largest absolute Gasteiger partial charge is 0.396 e. The molecule has 0 aliphatic heterocycles. The second kappa shape index (κ2) is 6.78. The lowest BCUT2D eigenvalue weighted by Crippen LogP contribution is -2.13. The zero-order valence-electron chi connectivity index (χ0n) is 10.9. The smallest absolute Gasteiger partial charge is 0.126 e. The van der Waals surface area contributed by atoms with Gasteiger partial charge >= 0.3 is 0 Å². The van der Waals surface area contributed by atoms with Crippen LogP contribution >= 0.6 is 0 Å². The zero-order valence-corrected chi connectivity index (χ0v) is 10.9. The highest BCUT2D eigenvalue weighted by Gasteiger charge is 2.25. The van der Waals surface area contributed by atoms with E-state index in [1.54, 1.807) is 0 Å². The number of nitriles is 1. The second-order valence-corrected chi connectivity index (χ2v) is 4.54. The van der Waals surface area contributed by atoms with Crippen LogP contribution in [0.2, 0.25) is 0 Å². The highest BCUT2D eigenvalue weighted by Crippen LogP contribution is 2.34. The summed E-state index contributed by atoms with van der Waals surface area (Å²) in [7, 11) is 0. The van der Waals surface area contributed by atoms with Gasteiger partial charge in [0.25, 0.3) is 0 Å². The van der Waals surface area contributed by atoms with E-state index in [4.69, 9.17) is 0 Å². The van der Waals surface area contributed by atoms with Crippen LogP contribution in [0.15, 0.2) is 48.7 Å². The Morgan fingerprint density at radius 2 is 2.00 bits per heavy atom. The third kappa shape index (κ3) is 3.19. The summed E-state index contributed by atoms with van der Waals surface area (Å²) in [5.74, 6) is -1.18. The van der Waals surface area contributed by atoms with Crippen LogP contribution in [0.5, 0.6) is 0 Å². The molecule has 0 spiro atoms. The highest BCUT2D eigenvalue weighted by atomic mass is 19.1. The highest BCUT2D eigenvalue weighted by molar-refractivity contribution is 5.30. The number of aliphatic hydroxyl groups excluding tert-OH is 1. The van der Waals surface area contributed by atoms with E-state index in [2.05, 4.69) is 11.1 Å². The molecule has 0 radical (unpaired) electrons. The van der Waals surface area contributed by atoms with Gasteiger partial charge in [0.15, 0.2) is 0 Å². The fourth-order valence-corrected chi connectivity index (χ4v) is 2.31. The summed E-state index contributed by atoms with van der Waals surface area (Å²) < 4.78 is 13.4. The number of aromatic nitrogens is 1. The maximum Gasteiger partial charge on any atom is 0.126 e. The van der Waals surface area contributed by atoms with Crippen LogP contribution in [0.25, 0.3) is 0 Å². The van der Waals surface area contributed by atoms with Gasteiger partial charge < -0.3 is 5.11 Å². The van der Waals surface area contributed by atoms with Crippen molar-refractivity contribution in [1.29, 1.82) is 5.26 Å². The molecule has 1 heterocycles. The third-order valence-electron chi connectivity index (χ3n) is 3.26. The summed E-state index contributed by atoms with van der Waals surface area (Å²) in [5.41, 5.74) is 1.34. The molecule has 0 fully saturated rings. The van der Waals surface area contributed by atoms with Gasteiger partial charge in [0.1, 0.15) is 5.82 Å². The summed E-state index contributed by atoms with van der Waals surface area (Å²) >= 11 is 0. The number of hydrogen-bond donors (Lipinski definition) is 1. The monoisotopic (exact) mass is 270 g/mol. The molecule has 0 bridgehead atoms. The van der Waals surface area contributed by atoms with Crippen molar-refractivity contribution in [2.24, 2.45) is 0 Å². The van der Waals surface area contributed by atoms with Crippen LogP contribution in [0.4, 0.5) is 4.39 Å². The van der Waals surface area contributed by atoms with Gasteiger partial charge in [0.05, 0.1) is 12.0 Å². The molecule has 0 aliphatic rings. The van der Waals surface area contributed by atoms with Crippen LogP contribution in [0, 0.1) is 17.1 Å². The SMILES string of the molecule is N#C[C@H](c1ccccc1)[C@H](CCO)c1cc(F)ccn1. The van der Waals surface area contributed by atoms with Gasteiger partial charge in [-0.05, 0) is 24.1 Å². The Hall–Kier alpha value is -2.25. The summed E-state index contributed by atoms with van der Waals surface area (Å²) in [5, 5.41) is 18.7. The normalized spacial score (nSPS) is 13.4. The lowest BCUT2D eigenvalue weighted by Gasteiger charge is -2.21. The van der Waals surface area contributed by atoms with Crippen LogP contribution in [-0.2, 0) is 0 Å². The standard InChI is InChI=1S/C16H15FN2O/c17-13-6-8-19-16(10-13)14(7-9-20)15(11-18)12-4-2-1-3-5-12/h1-6,8,10,14-15,20H,7,9H2/t14-,15+/m0/s1. The van der Waals surface area contributed by atoms with E-state index < -0.39 is 5.92 Å². The van der Waals surface area contributed by atoms with E-state index in [1.807, 2.05) is 30.3 Å². The Balaban J connectivity index is 2.39. The summed E-state index contributed by atoms with van der Waals surface area (Å²) in [6, 6.07) is 14.1. The van der Waals surface area contributed by atoms with Crippen molar-refractivity contribution in [2.75, 3.05) is 6.61 Å². The molecule has 0 saturated carbocycles. The van der Waals surface area contributed by atoms with Crippen molar-refractivity contribution in [3.8, 4) is 6.07 Å². The molecule has 1 aromatic heterocycles. The maximum atomic E-state index is 13.4. The van der Waals surface area contributed by atoms with Crippen LogP contribution < -0.4 is 0 Å². The van der Waals surface area contributed by atoms with Crippen LogP contribution in [-0.4, -0.2) is 16.7 Å². The third-order valence-corrected chi connectivity index (χ3v) is 3.26. The molecule has 0 aliphatic carbocycles. The predicted molar refractivity (Wildman–Crippen MR) is 73.4 cm³/mol. The number of pyridine rings is 1. The lowest BCUT2D eigenvalue weighted by atomic mass is 9.82. The maximum absolute atomic E-state index is 13.4. The van der Waals surface area contributed by atoms with E-state index in [1.165, 1.54) is 18.3 Å². The van der Waals surface area contributed by atoms with Gasteiger partial charge in [0.2, 0.25) is 0 Å². The van der Waals surface area contributed by atoms with E-state index >= 15 is 0 Å². The molecule has 20 heavy (non-hydrogen) atoms. The van der Waals surface area contributed by atoms with Crippen molar-refractivity contribution in [2.45, 2.75) is 18.3 Å². The minimum atomic E-state index is -0.461. The molecule has 4 heteroatoms. The number of rotatable bonds is 5. The second-order valence-electron chi connectivity index (χ2n) is 4.54. The number of halogens is 1. The number of nitrogens with zero attached hydrogens (tertiary/aromatic N) is 2. The molecule has 2 atom stereocenters. The molecular formula is C16H15FN2O. The Morgan fingerprint density at radius 1 is 1.25 bits per heavy atom. The summed E-state index contributed by atoms with van der Waals surface area (Å²) in [4.78, 5) is 4.15. The number of hydrogen-bond acceptors (Lipinski definition) is 3. The van der Waals surface area contributed by atoms with E-state index in [0.29, 0.717) is 12.1 Å². The van der Waals surface area contributed by atoms with Crippen LogP contribution in [0.3, 0.4) is 0 Å². The number of benzene rings is 1. The minimum absolute atomic E-state index is 0.0755. The predicted octanol–water partition coefficient (Wildman–Crippen LogP) is 2.99. The Bertz CT molecular complexity index is 595. The molecule has 1 aromatic carbocycles. The quantitative estimate of drug-likeness (QED) is 0.908. The average molecular weight is 270 g/mol. The molecule has 3 nitrogen and oxygen atoms in total. The molecule has 0 unspecified atom stereocenters. The molecular weight excluding hydrogens is 255 g/mol. The van der Waals surface area contributed by atoms with Gasteiger partial charge in [0, 0.05) is 24.4 Å². The molecule has 1 N–H and O–H groups in total. The van der Waals surface area contributed by atoms with Gasteiger partial charge in [-0.15, -0.1) is 0 Å². The van der Waals surface area contributed by atoms with E-state index in [-0.39, 0.29) is 18.3 Å². The van der Waals surface area contributed by atoms with Gasteiger partial charge in [-0.2, -0.15) is 5.26 Å². The fraction of sp³-hybridized carbons (Fsp3) is 0.250. The first-order valence-electron chi connectivity index (χ1n) is 6.43. The van der Waals surface area contributed by atoms with Crippen molar-refractivity contribution in [3.05, 3.63) is 65.7 Å². The molecule has 2 rings (SSSR count). The molecule has 2 aromatic rings.